The second kappa shape index (κ2) is 2.87. The van der Waals surface area contributed by atoms with Crippen molar-refractivity contribution in [2.24, 2.45) is 0 Å². The van der Waals surface area contributed by atoms with Gasteiger partial charge in [-0.3, -0.25) is 0 Å². The lowest BCUT2D eigenvalue weighted by Gasteiger charge is -1.98. The van der Waals surface area contributed by atoms with E-state index in [0.717, 1.165) is 16.5 Å². The highest BCUT2D eigenvalue weighted by molar-refractivity contribution is 7.17. The lowest BCUT2D eigenvalue weighted by Crippen LogP contribution is -1.82. The molecule has 2 rings (SSSR count). The minimum Gasteiger partial charge on any atom is -0.206 e. The lowest BCUT2D eigenvalue weighted by molar-refractivity contribution is 0.639. The van der Waals surface area contributed by atoms with Gasteiger partial charge in [-0.05, 0) is 29.5 Å². The molecule has 0 saturated heterocycles. The van der Waals surface area contributed by atoms with Crippen LogP contribution in [0.25, 0.3) is 10.1 Å². The van der Waals surface area contributed by atoms with Crippen LogP contribution in [-0.2, 0) is 6.42 Å². The van der Waals surface area contributed by atoms with Gasteiger partial charge in [0.2, 0.25) is 0 Å². The molecule has 62 valence electrons. The number of benzene rings is 1. The van der Waals surface area contributed by atoms with Gasteiger partial charge in [-0.2, -0.15) is 0 Å². The van der Waals surface area contributed by atoms with Crippen LogP contribution in [0.1, 0.15) is 12.5 Å². The maximum atomic E-state index is 13.1. The van der Waals surface area contributed by atoms with Crippen LogP contribution in [0, 0.1) is 5.82 Å². The Labute approximate surface area is 74.6 Å². The van der Waals surface area contributed by atoms with E-state index in [-0.39, 0.29) is 5.82 Å². The number of rotatable bonds is 1. The van der Waals surface area contributed by atoms with Crippen molar-refractivity contribution in [3.63, 3.8) is 0 Å². The largest absolute Gasteiger partial charge is 0.206 e. The van der Waals surface area contributed by atoms with Crippen molar-refractivity contribution in [2.45, 2.75) is 13.3 Å². The second-order valence-electron chi connectivity index (χ2n) is 2.72. The minimum atomic E-state index is -0.108. The average molecular weight is 180 g/mol. The molecule has 0 radical (unpaired) electrons. The van der Waals surface area contributed by atoms with Crippen LogP contribution >= 0.6 is 11.3 Å². The summed E-state index contributed by atoms with van der Waals surface area (Å²) in [5.41, 5.74) is 1.24. The predicted octanol–water partition coefficient (Wildman–Crippen LogP) is 3.60. The molecule has 1 aromatic carbocycles. The highest BCUT2D eigenvalue weighted by Gasteiger charge is 2.04. The first-order valence-corrected chi connectivity index (χ1v) is 4.85. The van der Waals surface area contributed by atoms with Crippen LogP contribution < -0.4 is 0 Å². The van der Waals surface area contributed by atoms with Crippen LogP contribution in [0.15, 0.2) is 23.6 Å². The third-order valence-corrected chi connectivity index (χ3v) is 3.02. The van der Waals surface area contributed by atoms with E-state index in [2.05, 4.69) is 6.92 Å². The van der Waals surface area contributed by atoms with Gasteiger partial charge in [0, 0.05) is 10.1 Å². The Balaban J connectivity index is 2.82. The summed E-state index contributed by atoms with van der Waals surface area (Å²) in [5.74, 6) is -0.108. The van der Waals surface area contributed by atoms with Gasteiger partial charge in [0.15, 0.2) is 0 Å². The van der Waals surface area contributed by atoms with E-state index >= 15 is 0 Å². The summed E-state index contributed by atoms with van der Waals surface area (Å²) in [6.07, 6.45) is 0.970. The van der Waals surface area contributed by atoms with Crippen LogP contribution in [0.5, 0.6) is 0 Å². The fraction of sp³-hybridized carbons (Fsp3) is 0.200. The molecule has 0 saturated carbocycles. The average Bonchev–Trinajstić information content (AvgIpc) is 2.54. The van der Waals surface area contributed by atoms with E-state index in [1.807, 2.05) is 17.5 Å². The molecule has 2 heteroatoms. The fourth-order valence-electron chi connectivity index (χ4n) is 1.36. The summed E-state index contributed by atoms with van der Waals surface area (Å²) >= 11 is 1.61. The standard InChI is InChI=1S/C10H9FS/c1-2-7-3-4-9(11)8-5-6-12-10(7)8/h3-6H,2H2,1H3. The highest BCUT2D eigenvalue weighted by atomic mass is 32.1. The van der Waals surface area contributed by atoms with Crippen molar-refractivity contribution >= 4 is 21.4 Å². The molecule has 2 aromatic rings. The van der Waals surface area contributed by atoms with Crippen molar-refractivity contribution in [2.75, 3.05) is 0 Å². The summed E-state index contributed by atoms with van der Waals surface area (Å²) < 4.78 is 14.2. The van der Waals surface area contributed by atoms with Crippen molar-refractivity contribution in [3.05, 3.63) is 35.0 Å². The maximum Gasteiger partial charge on any atom is 0.131 e. The molecule has 1 aromatic heterocycles. The van der Waals surface area contributed by atoms with Gasteiger partial charge in [0.1, 0.15) is 5.82 Å². The Hall–Kier alpha value is -0.890. The smallest absolute Gasteiger partial charge is 0.131 e. The number of fused-ring (bicyclic) bond motifs is 1. The number of hydrogen-bond donors (Lipinski definition) is 0. The van der Waals surface area contributed by atoms with E-state index in [4.69, 9.17) is 0 Å². The Bertz CT molecular complexity index is 403. The quantitative estimate of drug-likeness (QED) is 0.629. The zero-order valence-corrected chi connectivity index (χ0v) is 7.62. The Morgan fingerprint density at radius 2 is 2.17 bits per heavy atom. The molecule has 12 heavy (non-hydrogen) atoms. The molecule has 0 atom stereocenters. The zero-order valence-electron chi connectivity index (χ0n) is 6.80. The molecule has 0 spiro atoms. The molecule has 0 fully saturated rings. The SMILES string of the molecule is CCc1ccc(F)c2ccsc12. The summed E-state index contributed by atoms with van der Waals surface area (Å²) in [7, 11) is 0. The molecule has 0 aliphatic heterocycles. The van der Waals surface area contributed by atoms with Crippen LogP contribution in [-0.4, -0.2) is 0 Å². The van der Waals surface area contributed by atoms with Crippen molar-refractivity contribution in [1.29, 1.82) is 0 Å². The number of hydrogen-bond acceptors (Lipinski definition) is 1. The van der Waals surface area contributed by atoms with Gasteiger partial charge >= 0.3 is 0 Å². The first-order valence-electron chi connectivity index (χ1n) is 3.97. The number of thiophene rings is 1. The molecule has 0 nitrogen and oxygen atoms in total. The number of halogens is 1. The second-order valence-corrected chi connectivity index (χ2v) is 3.64. The van der Waals surface area contributed by atoms with E-state index in [1.165, 1.54) is 5.56 Å². The van der Waals surface area contributed by atoms with Gasteiger partial charge in [-0.1, -0.05) is 13.0 Å². The predicted molar refractivity (Wildman–Crippen MR) is 51.2 cm³/mol. The number of aryl methyl sites for hydroxylation is 1. The van der Waals surface area contributed by atoms with E-state index < -0.39 is 0 Å². The van der Waals surface area contributed by atoms with Crippen molar-refractivity contribution in [3.8, 4) is 0 Å². The van der Waals surface area contributed by atoms with Gasteiger partial charge < -0.3 is 0 Å². The summed E-state index contributed by atoms with van der Waals surface area (Å²) in [4.78, 5) is 0. The maximum absolute atomic E-state index is 13.1. The lowest BCUT2D eigenvalue weighted by atomic mass is 10.1. The zero-order chi connectivity index (χ0) is 8.55. The van der Waals surface area contributed by atoms with Crippen LogP contribution in [0.4, 0.5) is 4.39 Å². The first-order chi connectivity index (χ1) is 5.83. The van der Waals surface area contributed by atoms with Gasteiger partial charge in [-0.25, -0.2) is 4.39 Å². The van der Waals surface area contributed by atoms with Crippen molar-refractivity contribution < 1.29 is 4.39 Å². The Kier molecular flexibility index (Phi) is 1.85. The first kappa shape index (κ1) is 7.74. The molecule has 1 heterocycles. The molecule has 0 N–H and O–H groups in total. The fourth-order valence-corrected chi connectivity index (χ4v) is 2.36. The Morgan fingerprint density at radius 3 is 2.92 bits per heavy atom. The molecule has 0 bridgehead atoms. The molecular weight excluding hydrogens is 171 g/mol. The van der Waals surface area contributed by atoms with E-state index in [9.17, 15) is 4.39 Å². The van der Waals surface area contributed by atoms with Crippen LogP contribution in [0.2, 0.25) is 0 Å². The molecule has 0 aliphatic rings. The summed E-state index contributed by atoms with van der Waals surface area (Å²) in [5, 5.41) is 2.70. The minimum absolute atomic E-state index is 0.108. The third kappa shape index (κ3) is 1.03. The topological polar surface area (TPSA) is 0 Å². The van der Waals surface area contributed by atoms with Gasteiger partial charge in [0.25, 0.3) is 0 Å². The molecule has 0 aliphatic carbocycles. The molecule has 0 amide bonds. The molecular formula is C10H9FS. The molecule has 0 unspecified atom stereocenters. The van der Waals surface area contributed by atoms with Crippen LogP contribution in [0.3, 0.4) is 0 Å². The van der Waals surface area contributed by atoms with E-state index in [1.54, 1.807) is 17.4 Å². The summed E-state index contributed by atoms with van der Waals surface area (Å²) in [6, 6.07) is 5.26. The normalized spacial score (nSPS) is 10.8. The summed E-state index contributed by atoms with van der Waals surface area (Å²) in [6.45, 7) is 2.09. The van der Waals surface area contributed by atoms with E-state index in [0.29, 0.717) is 0 Å². The Morgan fingerprint density at radius 1 is 1.33 bits per heavy atom. The van der Waals surface area contributed by atoms with Gasteiger partial charge in [-0.15, -0.1) is 11.3 Å². The van der Waals surface area contributed by atoms with Gasteiger partial charge in [0.05, 0.1) is 0 Å². The third-order valence-electron chi connectivity index (χ3n) is 2.03. The highest BCUT2D eigenvalue weighted by Crippen LogP contribution is 2.27. The van der Waals surface area contributed by atoms with Crippen molar-refractivity contribution in [1.82, 2.24) is 0 Å². The monoisotopic (exact) mass is 180 g/mol.